The second-order valence-corrected chi connectivity index (χ2v) is 4.43. The van der Waals surface area contributed by atoms with Crippen LogP contribution >= 0.6 is 0 Å². The molecule has 0 saturated carbocycles. The molecule has 0 aliphatic carbocycles. The molecule has 2 aromatic rings. The molecular weight excluding hydrogens is 256 g/mol. The fourth-order valence-corrected chi connectivity index (χ4v) is 2.04. The van der Waals surface area contributed by atoms with Gasteiger partial charge in [0.2, 0.25) is 0 Å². The number of ether oxygens (including phenoxy) is 1. The molecule has 3 N–H and O–H groups in total. The minimum atomic E-state index is -0.188. The van der Waals surface area contributed by atoms with Crippen LogP contribution < -0.4 is 11.1 Å². The van der Waals surface area contributed by atoms with Crippen molar-refractivity contribution >= 4 is 16.9 Å². The summed E-state index contributed by atoms with van der Waals surface area (Å²) in [5.74, 6) is -0.188. The van der Waals surface area contributed by atoms with Gasteiger partial charge in [0.25, 0.3) is 5.91 Å². The average molecular weight is 274 g/mol. The number of nitrogens with one attached hydrogen (secondary N) is 1. The first kappa shape index (κ1) is 14.4. The smallest absolute Gasteiger partial charge is 0.253 e. The topological polar surface area (TPSA) is 90.1 Å². The highest BCUT2D eigenvalue weighted by Crippen LogP contribution is 2.13. The van der Waals surface area contributed by atoms with Gasteiger partial charge in [-0.2, -0.15) is 0 Å². The molecule has 0 radical (unpaired) electrons. The summed E-state index contributed by atoms with van der Waals surface area (Å²) < 4.78 is 5.08. The lowest BCUT2D eigenvalue weighted by Gasteiger charge is -2.17. The first-order valence-corrected chi connectivity index (χ1v) is 6.46. The Labute approximate surface area is 117 Å². The molecule has 1 unspecified atom stereocenters. The minimum absolute atomic E-state index is 0.107. The molecule has 1 atom stereocenters. The van der Waals surface area contributed by atoms with Crippen LogP contribution in [0.3, 0.4) is 0 Å². The van der Waals surface area contributed by atoms with Gasteiger partial charge >= 0.3 is 0 Å². The van der Waals surface area contributed by atoms with Gasteiger partial charge in [0.1, 0.15) is 5.52 Å². The van der Waals surface area contributed by atoms with Gasteiger partial charge in [0, 0.05) is 19.5 Å². The molecule has 2 rings (SSSR count). The van der Waals surface area contributed by atoms with Gasteiger partial charge < -0.3 is 15.8 Å². The molecule has 1 aromatic heterocycles. The van der Waals surface area contributed by atoms with E-state index < -0.39 is 0 Å². The van der Waals surface area contributed by atoms with Crippen LogP contribution in [0.25, 0.3) is 11.0 Å². The normalized spacial score (nSPS) is 12.3. The van der Waals surface area contributed by atoms with E-state index >= 15 is 0 Å². The lowest BCUT2D eigenvalue weighted by molar-refractivity contribution is 0.0895. The number of carbonyl (C=O) groups excluding carboxylic acids is 1. The van der Waals surface area contributed by atoms with E-state index in [1.165, 1.54) is 0 Å². The van der Waals surface area contributed by atoms with Crippen LogP contribution in [0.2, 0.25) is 0 Å². The summed E-state index contributed by atoms with van der Waals surface area (Å²) in [5.41, 5.74) is 7.33. The van der Waals surface area contributed by atoms with Gasteiger partial charge in [-0.15, -0.1) is 0 Å². The van der Waals surface area contributed by atoms with Crippen LogP contribution in [-0.2, 0) is 4.74 Å². The van der Waals surface area contributed by atoms with E-state index in [0.717, 1.165) is 0 Å². The average Bonchev–Trinajstić information content (AvgIpc) is 2.47. The molecule has 0 saturated heterocycles. The zero-order valence-corrected chi connectivity index (χ0v) is 11.4. The highest BCUT2D eigenvalue weighted by Gasteiger charge is 2.16. The third kappa shape index (κ3) is 3.28. The number of methoxy groups -OCH3 is 1. The SMILES string of the molecule is COCC(CCN)NC(=O)c1cccc2nccnc12. The molecule has 0 bridgehead atoms. The lowest BCUT2D eigenvalue weighted by Crippen LogP contribution is -2.39. The first-order valence-electron chi connectivity index (χ1n) is 6.46. The second-order valence-electron chi connectivity index (χ2n) is 4.43. The maximum atomic E-state index is 12.3. The molecular formula is C14H18N4O2. The molecule has 20 heavy (non-hydrogen) atoms. The van der Waals surface area contributed by atoms with Crippen LogP contribution in [0.5, 0.6) is 0 Å². The summed E-state index contributed by atoms with van der Waals surface area (Å²) in [5, 5.41) is 2.92. The fourth-order valence-electron chi connectivity index (χ4n) is 2.04. The van der Waals surface area contributed by atoms with Crippen LogP contribution in [0.15, 0.2) is 30.6 Å². The molecule has 0 spiro atoms. The van der Waals surface area contributed by atoms with E-state index in [4.69, 9.17) is 10.5 Å². The molecule has 1 amide bonds. The number of fused-ring (bicyclic) bond motifs is 1. The van der Waals surface area contributed by atoms with Crippen molar-refractivity contribution < 1.29 is 9.53 Å². The van der Waals surface area contributed by atoms with Gasteiger partial charge in [-0.25, -0.2) is 0 Å². The molecule has 1 aromatic carbocycles. The van der Waals surface area contributed by atoms with E-state index in [1.54, 1.807) is 31.6 Å². The van der Waals surface area contributed by atoms with Crippen molar-refractivity contribution in [1.29, 1.82) is 0 Å². The minimum Gasteiger partial charge on any atom is -0.383 e. The first-order chi connectivity index (χ1) is 9.76. The standard InChI is InChI=1S/C14H18N4O2/c1-20-9-10(5-6-15)18-14(19)11-3-2-4-12-13(11)17-8-7-16-12/h2-4,7-8,10H,5-6,9,15H2,1H3,(H,18,19). The molecule has 0 fully saturated rings. The highest BCUT2D eigenvalue weighted by molar-refractivity contribution is 6.04. The van der Waals surface area contributed by atoms with E-state index in [9.17, 15) is 4.79 Å². The third-order valence-electron chi connectivity index (χ3n) is 2.96. The molecule has 0 aliphatic heterocycles. The lowest BCUT2D eigenvalue weighted by atomic mass is 10.1. The summed E-state index contributed by atoms with van der Waals surface area (Å²) in [7, 11) is 1.60. The fraction of sp³-hybridized carbons (Fsp3) is 0.357. The van der Waals surface area contributed by atoms with Crippen LogP contribution in [0.1, 0.15) is 16.8 Å². The number of benzene rings is 1. The maximum absolute atomic E-state index is 12.3. The van der Waals surface area contributed by atoms with E-state index in [-0.39, 0.29) is 11.9 Å². The Balaban J connectivity index is 2.22. The van der Waals surface area contributed by atoms with Gasteiger partial charge in [0.05, 0.1) is 23.7 Å². The monoisotopic (exact) mass is 274 g/mol. The molecule has 106 valence electrons. The number of nitrogens with zero attached hydrogens (tertiary/aromatic N) is 2. The summed E-state index contributed by atoms with van der Waals surface area (Å²) in [6, 6.07) is 5.24. The summed E-state index contributed by atoms with van der Waals surface area (Å²) in [4.78, 5) is 20.8. The highest BCUT2D eigenvalue weighted by atomic mass is 16.5. The summed E-state index contributed by atoms with van der Waals surface area (Å²) in [6.07, 6.45) is 3.84. The molecule has 0 aliphatic rings. The quantitative estimate of drug-likeness (QED) is 0.810. The number of aromatic nitrogens is 2. The number of hydrogen-bond donors (Lipinski definition) is 2. The summed E-state index contributed by atoms with van der Waals surface area (Å²) >= 11 is 0. The van der Waals surface area contributed by atoms with Crippen molar-refractivity contribution in [3.8, 4) is 0 Å². The van der Waals surface area contributed by atoms with Crippen molar-refractivity contribution in [3.63, 3.8) is 0 Å². The molecule has 6 heteroatoms. The largest absolute Gasteiger partial charge is 0.383 e. The molecule has 1 heterocycles. The molecule has 6 nitrogen and oxygen atoms in total. The van der Waals surface area contributed by atoms with Gasteiger partial charge in [-0.1, -0.05) is 6.07 Å². The van der Waals surface area contributed by atoms with Gasteiger partial charge in [-0.05, 0) is 25.1 Å². The Morgan fingerprint density at radius 3 is 2.95 bits per heavy atom. The Morgan fingerprint density at radius 2 is 2.20 bits per heavy atom. The van der Waals surface area contributed by atoms with Crippen LogP contribution in [0, 0.1) is 0 Å². The second kappa shape index (κ2) is 6.93. The van der Waals surface area contributed by atoms with Crippen molar-refractivity contribution in [1.82, 2.24) is 15.3 Å². The van der Waals surface area contributed by atoms with E-state index in [1.807, 2.05) is 6.07 Å². The maximum Gasteiger partial charge on any atom is 0.253 e. The van der Waals surface area contributed by atoms with Crippen molar-refractivity contribution in [3.05, 3.63) is 36.2 Å². The van der Waals surface area contributed by atoms with Crippen LogP contribution in [-0.4, -0.2) is 42.2 Å². The van der Waals surface area contributed by atoms with E-state index in [0.29, 0.717) is 36.2 Å². The van der Waals surface area contributed by atoms with Crippen molar-refractivity contribution in [2.75, 3.05) is 20.3 Å². The van der Waals surface area contributed by atoms with Crippen molar-refractivity contribution in [2.24, 2.45) is 5.73 Å². The van der Waals surface area contributed by atoms with Gasteiger partial charge in [0.15, 0.2) is 0 Å². The number of nitrogens with two attached hydrogens (primary N) is 1. The number of rotatable bonds is 6. The predicted octanol–water partition coefficient (Wildman–Crippen LogP) is 0.723. The predicted molar refractivity (Wildman–Crippen MR) is 76.3 cm³/mol. The van der Waals surface area contributed by atoms with E-state index in [2.05, 4.69) is 15.3 Å². The number of para-hydroxylation sites is 1. The Morgan fingerprint density at radius 1 is 1.40 bits per heavy atom. The van der Waals surface area contributed by atoms with Gasteiger partial charge in [-0.3, -0.25) is 14.8 Å². The Hall–Kier alpha value is -2.05. The van der Waals surface area contributed by atoms with Crippen LogP contribution in [0.4, 0.5) is 0 Å². The zero-order chi connectivity index (χ0) is 14.4. The third-order valence-corrected chi connectivity index (χ3v) is 2.96. The summed E-state index contributed by atoms with van der Waals surface area (Å²) in [6.45, 7) is 0.920. The number of amides is 1. The Kier molecular flexibility index (Phi) is 4.97. The number of carbonyl (C=O) groups is 1. The zero-order valence-electron chi connectivity index (χ0n) is 11.4. The van der Waals surface area contributed by atoms with Crippen molar-refractivity contribution in [2.45, 2.75) is 12.5 Å². The number of hydrogen-bond acceptors (Lipinski definition) is 5. The Bertz CT molecular complexity index is 577.